The summed E-state index contributed by atoms with van der Waals surface area (Å²) >= 11 is 0. The number of benzene rings is 1. The van der Waals surface area contributed by atoms with Crippen molar-refractivity contribution in [2.45, 2.75) is 33.3 Å². The van der Waals surface area contributed by atoms with Crippen molar-refractivity contribution < 1.29 is 9.90 Å². The van der Waals surface area contributed by atoms with Crippen molar-refractivity contribution in [1.82, 2.24) is 0 Å². The molecule has 0 radical (unpaired) electrons. The third kappa shape index (κ3) is 3.48. The fourth-order valence-electron chi connectivity index (χ4n) is 1.60. The van der Waals surface area contributed by atoms with Crippen LogP contribution < -0.4 is 0 Å². The Labute approximate surface area is 90.9 Å². The average molecular weight is 206 g/mol. The largest absolute Gasteiger partial charge is 0.392 e. The Morgan fingerprint density at radius 2 is 1.80 bits per heavy atom. The first kappa shape index (κ1) is 11.9. The third-order valence-corrected chi connectivity index (χ3v) is 2.65. The normalized spacial score (nSPS) is 12.5. The Balaban J connectivity index is 2.60. The summed E-state index contributed by atoms with van der Waals surface area (Å²) in [6.07, 6.45) is 1.40. The Kier molecular flexibility index (Phi) is 4.50. The number of carbonyl (C=O) groups excluding carboxylic acids is 1. The van der Waals surface area contributed by atoms with E-state index in [1.54, 1.807) is 0 Å². The number of aliphatic hydroxyl groups excluding tert-OH is 1. The van der Waals surface area contributed by atoms with E-state index in [2.05, 4.69) is 0 Å². The lowest BCUT2D eigenvalue weighted by Crippen LogP contribution is -2.12. The number of carbonyl (C=O) groups is 1. The summed E-state index contributed by atoms with van der Waals surface area (Å²) in [6, 6.07) is 7.76. The summed E-state index contributed by atoms with van der Waals surface area (Å²) in [5.74, 6) is 0.399. The van der Waals surface area contributed by atoms with Gasteiger partial charge in [0.15, 0.2) is 0 Å². The molecule has 82 valence electrons. The highest BCUT2D eigenvalue weighted by molar-refractivity contribution is 5.80. The number of ketones is 1. The lowest BCUT2D eigenvalue weighted by molar-refractivity contribution is -0.122. The SMILES string of the molecule is CCC(=O)C(C)Cc1ccc(CO)cc1. The van der Waals surface area contributed by atoms with E-state index in [4.69, 9.17) is 5.11 Å². The molecule has 0 fully saturated rings. The zero-order valence-corrected chi connectivity index (χ0v) is 9.36. The van der Waals surface area contributed by atoms with Crippen LogP contribution in [0.4, 0.5) is 0 Å². The van der Waals surface area contributed by atoms with Crippen LogP contribution in [0, 0.1) is 5.92 Å². The van der Waals surface area contributed by atoms with E-state index >= 15 is 0 Å². The van der Waals surface area contributed by atoms with Gasteiger partial charge in [0, 0.05) is 12.3 Å². The summed E-state index contributed by atoms with van der Waals surface area (Å²) in [4.78, 5) is 11.4. The van der Waals surface area contributed by atoms with Gasteiger partial charge in [-0.15, -0.1) is 0 Å². The Bertz CT molecular complexity index is 314. The van der Waals surface area contributed by atoms with Crippen molar-refractivity contribution in [2.24, 2.45) is 5.92 Å². The van der Waals surface area contributed by atoms with Crippen LogP contribution in [-0.2, 0) is 17.8 Å². The zero-order chi connectivity index (χ0) is 11.3. The number of Topliss-reactive ketones (excluding diaryl/α,β-unsaturated/α-hetero) is 1. The van der Waals surface area contributed by atoms with Gasteiger partial charge in [-0.25, -0.2) is 0 Å². The Morgan fingerprint density at radius 1 is 1.27 bits per heavy atom. The predicted octanol–water partition coefficient (Wildman–Crippen LogP) is 2.34. The molecule has 0 aromatic heterocycles. The van der Waals surface area contributed by atoms with Crippen molar-refractivity contribution >= 4 is 5.78 Å². The van der Waals surface area contributed by atoms with Gasteiger partial charge in [0.1, 0.15) is 5.78 Å². The topological polar surface area (TPSA) is 37.3 Å². The maximum Gasteiger partial charge on any atom is 0.135 e. The summed E-state index contributed by atoms with van der Waals surface area (Å²) in [6.45, 7) is 3.93. The van der Waals surface area contributed by atoms with E-state index in [0.717, 1.165) is 17.5 Å². The highest BCUT2D eigenvalue weighted by Crippen LogP contribution is 2.12. The van der Waals surface area contributed by atoms with Crippen molar-refractivity contribution in [3.05, 3.63) is 35.4 Å². The molecule has 1 rings (SSSR count). The van der Waals surface area contributed by atoms with Crippen LogP contribution in [0.5, 0.6) is 0 Å². The highest BCUT2D eigenvalue weighted by atomic mass is 16.3. The summed E-state index contributed by atoms with van der Waals surface area (Å²) < 4.78 is 0. The van der Waals surface area contributed by atoms with Gasteiger partial charge in [-0.3, -0.25) is 4.79 Å². The fourth-order valence-corrected chi connectivity index (χ4v) is 1.60. The second-order valence-electron chi connectivity index (χ2n) is 3.90. The van der Waals surface area contributed by atoms with Crippen LogP contribution in [0.2, 0.25) is 0 Å². The first-order valence-corrected chi connectivity index (χ1v) is 5.38. The lowest BCUT2D eigenvalue weighted by atomic mass is 9.95. The van der Waals surface area contributed by atoms with E-state index < -0.39 is 0 Å². The average Bonchev–Trinajstić information content (AvgIpc) is 2.29. The van der Waals surface area contributed by atoms with Gasteiger partial charge in [0.2, 0.25) is 0 Å². The molecule has 0 bridgehead atoms. The molecule has 0 spiro atoms. The molecule has 1 N–H and O–H groups in total. The van der Waals surface area contributed by atoms with E-state index in [1.807, 2.05) is 38.1 Å². The maximum absolute atomic E-state index is 11.4. The number of hydrogen-bond acceptors (Lipinski definition) is 2. The van der Waals surface area contributed by atoms with Crippen LogP contribution >= 0.6 is 0 Å². The first-order valence-electron chi connectivity index (χ1n) is 5.38. The van der Waals surface area contributed by atoms with Crippen molar-refractivity contribution in [3.8, 4) is 0 Å². The van der Waals surface area contributed by atoms with Crippen molar-refractivity contribution in [1.29, 1.82) is 0 Å². The molecular formula is C13H18O2. The number of rotatable bonds is 5. The minimum absolute atomic E-state index is 0.0731. The molecule has 0 saturated carbocycles. The summed E-state index contributed by atoms with van der Waals surface area (Å²) in [5, 5.41) is 8.88. The smallest absolute Gasteiger partial charge is 0.135 e. The van der Waals surface area contributed by atoms with Crippen molar-refractivity contribution in [2.75, 3.05) is 0 Å². The monoisotopic (exact) mass is 206 g/mol. The van der Waals surface area contributed by atoms with Crippen LogP contribution in [0.3, 0.4) is 0 Å². The van der Waals surface area contributed by atoms with Crippen LogP contribution in [0.1, 0.15) is 31.4 Å². The zero-order valence-electron chi connectivity index (χ0n) is 9.36. The molecular weight excluding hydrogens is 188 g/mol. The molecule has 1 aromatic rings. The molecule has 1 unspecified atom stereocenters. The van der Waals surface area contributed by atoms with E-state index in [1.165, 1.54) is 0 Å². The second kappa shape index (κ2) is 5.66. The standard InChI is InChI=1S/C13H18O2/c1-3-13(15)10(2)8-11-4-6-12(9-14)7-5-11/h4-7,10,14H,3,8-9H2,1-2H3. The van der Waals surface area contributed by atoms with Crippen LogP contribution in [0.25, 0.3) is 0 Å². The van der Waals surface area contributed by atoms with Gasteiger partial charge in [-0.1, -0.05) is 38.1 Å². The van der Waals surface area contributed by atoms with Gasteiger partial charge in [0.05, 0.1) is 6.61 Å². The first-order chi connectivity index (χ1) is 7.17. The van der Waals surface area contributed by atoms with Gasteiger partial charge in [0.25, 0.3) is 0 Å². The molecule has 15 heavy (non-hydrogen) atoms. The molecule has 1 aromatic carbocycles. The molecule has 1 atom stereocenters. The molecule has 0 saturated heterocycles. The second-order valence-corrected chi connectivity index (χ2v) is 3.90. The molecule has 0 heterocycles. The van der Waals surface area contributed by atoms with Crippen molar-refractivity contribution in [3.63, 3.8) is 0 Å². The molecule has 0 aliphatic heterocycles. The molecule has 0 aliphatic carbocycles. The Hall–Kier alpha value is -1.15. The molecule has 0 aliphatic rings. The molecule has 2 heteroatoms. The van der Waals surface area contributed by atoms with Gasteiger partial charge < -0.3 is 5.11 Å². The predicted molar refractivity (Wildman–Crippen MR) is 60.5 cm³/mol. The number of hydrogen-bond donors (Lipinski definition) is 1. The molecule has 0 amide bonds. The van der Waals surface area contributed by atoms with Gasteiger partial charge >= 0.3 is 0 Å². The summed E-state index contributed by atoms with van der Waals surface area (Å²) in [7, 11) is 0. The number of aliphatic hydroxyl groups is 1. The van der Waals surface area contributed by atoms with Gasteiger partial charge in [-0.2, -0.15) is 0 Å². The quantitative estimate of drug-likeness (QED) is 0.802. The third-order valence-electron chi connectivity index (χ3n) is 2.65. The van der Waals surface area contributed by atoms with E-state index in [-0.39, 0.29) is 12.5 Å². The van der Waals surface area contributed by atoms with E-state index in [9.17, 15) is 4.79 Å². The fraction of sp³-hybridized carbons (Fsp3) is 0.462. The lowest BCUT2D eigenvalue weighted by Gasteiger charge is -2.09. The van der Waals surface area contributed by atoms with E-state index in [0.29, 0.717) is 12.2 Å². The minimum Gasteiger partial charge on any atom is -0.392 e. The van der Waals surface area contributed by atoms with Crippen LogP contribution in [0.15, 0.2) is 24.3 Å². The van der Waals surface area contributed by atoms with Gasteiger partial charge in [-0.05, 0) is 17.5 Å². The summed E-state index contributed by atoms with van der Waals surface area (Å²) in [5.41, 5.74) is 2.06. The Morgan fingerprint density at radius 3 is 2.27 bits per heavy atom. The highest BCUT2D eigenvalue weighted by Gasteiger charge is 2.10. The maximum atomic E-state index is 11.4. The molecule has 2 nitrogen and oxygen atoms in total. The van der Waals surface area contributed by atoms with Crippen LogP contribution in [-0.4, -0.2) is 10.9 Å². The minimum atomic E-state index is 0.0731.